The number of rotatable bonds is 7. The van der Waals surface area contributed by atoms with Crippen molar-refractivity contribution >= 4 is 0 Å². The zero-order valence-electron chi connectivity index (χ0n) is 11.2. The molecular formula is C15H23NO2. The van der Waals surface area contributed by atoms with Crippen LogP contribution in [0.15, 0.2) is 18.2 Å². The third kappa shape index (κ3) is 3.91. The van der Waals surface area contributed by atoms with E-state index in [1.165, 1.54) is 24.8 Å². The lowest BCUT2D eigenvalue weighted by Crippen LogP contribution is -2.17. The molecule has 0 unspecified atom stereocenters. The molecule has 1 aliphatic heterocycles. The van der Waals surface area contributed by atoms with Gasteiger partial charge in [-0.2, -0.15) is 0 Å². The van der Waals surface area contributed by atoms with Gasteiger partial charge < -0.3 is 14.8 Å². The van der Waals surface area contributed by atoms with Gasteiger partial charge in [0.15, 0.2) is 11.5 Å². The van der Waals surface area contributed by atoms with Crippen LogP contribution in [0.25, 0.3) is 0 Å². The van der Waals surface area contributed by atoms with Crippen LogP contribution in [0, 0.1) is 0 Å². The summed E-state index contributed by atoms with van der Waals surface area (Å²) < 4.78 is 11.1. The third-order valence-electron chi connectivity index (χ3n) is 3.13. The van der Waals surface area contributed by atoms with E-state index in [9.17, 15) is 0 Å². The zero-order valence-corrected chi connectivity index (χ0v) is 11.2. The number of benzene rings is 1. The molecule has 1 aromatic carbocycles. The SMILES string of the molecule is CCCCNCCCc1ccc2c(c1)OCCO2. The first-order valence-electron chi connectivity index (χ1n) is 6.99. The Morgan fingerprint density at radius 1 is 1.06 bits per heavy atom. The Bertz CT molecular complexity index is 366. The lowest BCUT2D eigenvalue weighted by Gasteiger charge is -2.18. The Hall–Kier alpha value is -1.22. The molecule has 3 nitrogen and oxygen atoms in total. The van der Waals surface area contributed by atoms with Crippen LogP contribution in [0.3, 0.4) is 0 Å². The summed E-state index contributed by atoms with van der Waals surface area (Å²) in [6, 6.07) is 6.27. The van der Waals surface area contributed by atoms with Crippen LogP contribution in [-0.4, -0.2) is 26.3 Å². The van der Waals surface area contributed by atoms with E-state index in [1.54, 1.807) is 0 Å². The van der Waals surface area contributed by atoms with E-state index < -0.39 is 0 Å². The fourth-order valence-electron chi connectivity index (χ4n) is 2.09. The Morgan fingerprint density at radius 3 is 2.67 bits per heavy atom. The predicted molar refractivity (Wildman–Crippen MR) is 73.5 cm³/mol. The van der Waals surface area contributed by atoms with E-state index in [0.717, 1.165) is 31.0 Å². The number of hydrogen-bond donors (Lipinski definition) is 1. The molecule has 0 spiro atoms. The van der Waals surface area contributed by atoms with Crippen LogP contribution in [-0.2, 0) is 6.42 Å². The van der Waals surface area contributed by atoms with Gasteiger partial charge in [0, 0.05) is 0 Å². The van der Waals surface area contributed by atoms with Gasteiger partial charge in [-0.05, 0) is 50.0 Å². The molecule has 1 N–H and O–H groups in total. The summed E-state index contributed by atoms with van der Waals surface area (Å²) in [5.41, 5.74) is 1.33. The summed E-state index contributed by atoms with van der Waals surface area (Å²) in [7, 11) is 0. The second-order valence-corrected chi connectivity index (χ2v) is 4.69. The summed E-state index contributed by atoms with van der Waals surface area (Å²) >= 11 is 0. The van der Waals surface area contributed by atoms with Gasteiger partial charge in [0.25, 0.3) is 0 Å². The number of hydrogen-bond acceptors (Lipinski definition) is 3. The summed E-state index contributed by atoms with van der Waals surface area (Å²) in [6.45, 7) is 5.77. The van der Waals surface area contributed by atoms with Crippen molar-refractivity contribution in [3.63, 3.8) is 0 Å². The van der Waals surface area contributed by atoms with Crippen molar-refractivity contribution in [1.82, 2.24) is 5.32 Å². The van der Waals surface area contributed by atoms with Gasteiger partial charge in [0.2, 0.25) is 0 Å². The normalized spacial score (nSPS) is 13.6. The van der Waals surface area contributed by atoms with Gasteiger partial charge in [-0.15, -0.1) is 0 Å². The highest BCUT2D eigenvalue weighted by atomic mass is 16.6. The highest BCUT2D eigenvalue weighted by Crippen LogP contribution is 2.30. The maximum absolute atomic E-state index is 5.58. The van der Waals surface area contributed by atoms with Gasteiger partial charge in [0.1, 0.15) is 13.2 Å². The Morgan fingerprint density at radius 2 is 1.83 bits per heavy atom. The van der Waals surface area contributed by atoms with E-state index in [-0.39, 0.29) is 0 Å². The van der Waals surface area contributed by atoms with E-state index >= 15 is 0 Å². The first-order chi connectivity index (χ1) is 8.90. The summed E-state index contributed by atoms with van der Waals surface area (Å²) in [6.07, 6.45) is 4.79. The quantitative estimate of drug-likeness (QED) is 0.754. The molecular weight excluding hydrogens is 226 g/mol. The molecule has 3 heteroatoms. The van der Waals surface area contributed by atoms with Gasteiger partial charge in [0.05, 0.1) is 0 Å². The average Bonchev–Trinajstić information content (AvgIpc) is 2.42. The van der Waals surface area contributed by atoms with E-state index in [4.69, 9.17) is 9.47 Å². The molecule has 0 aliphatic carbocycles. The maximum Gasteiger partial charge on any atom is 0.161 e. The highest BCUT2D eigenvalue weighted by molar-refractivity contribution is 5.43. The average molecular weight is 249 g/mol. The van der Waals surface area contributed by atoms with Crippen molar-refractivity contribution in [2.75, 3.05) is 26.3 Å². The lowest BCUT2D eigenvalue weighted by molar-refractivity contribution is 0.171. The standard InChI is InChI=1S/C15H23NO2/c1-2-3-8-16-9-4-5-13-6-7-14-15(12-13)18-11-10-17-14/h6-7,12,16H,2-5,8-11H2,1H3. The molecule has 100 valence electrons. The Kier molecular flexibility index (Phi) is 5.34. The van der Waals surface area contributed by atoms with Crippen molar-refractivity contribution in [3.8, 4) is 11.5 Å². The van der Waals surface area contributed by atoms with Gasteiger partial charge in [-0.25, -0.2) is 0 Å². The minimum Gasteiger partial charge on any atom is -0.486 e. The van der Waals surface area contributed by atoms with Crippen LogP contribution in [0.5, 0.6) is 11.5 Å². The van der Waals surface area contributed by atoms with Crippen molar-refractivity contribution < 1.29 is 9.47 Å². The zero-order chi connectivity index (χ0) is 12.6. The monoisotopic (exact) mass is 249 g/mol. The molecule has 18 heavy (non-hydrogen) atoms. The number of fused-ring (bicyclic) bond motifs is 1. The third-order valence-corrected chi connectivity index (χ3v) is 3.13. The molecule has 2 rings (SSSR count). The first-order valence-corrected chi connectivity index (χ1v) is 6.99. The lowest BCUT2D eigenvalue weighted by atomic mass is 10.1. The number of aryl methyl sites for hydroxylation is 1. The largest absolute Gasteiger partial charge is 0.486 e. The molecule has 1 aliphatic rings. The van der Waals surface area contributed by atoms with Crippen LogP contribution < -0.4 is 14.8 Å². The van der Waals surface area contributed by atoms with Gasteiger partial charge >= 0.3 is 0 Å². The highest BCUT2D eigenvalue weighted by Gasteiger charge is 2.11. The minimum absolute atomic E-state index is 0.660. The van der Waals surface area contributed by atoms with Crippen molar-refractivity contribution in [1.29, 1.82) is 0 Å². The van der Waals surface area contributed by atoms with Gasteiger partial charge in [-0.3, -0.25) is 0 Å². The smallest absolute Gasteiger partial charge is 0.161 e. The predicted octanol–water partition coefficient (Wildman–Crippen LogP) is 2.78. The second-order valence-electron chi connectivity index (χ2n) is 4.69. The van der Waals surface area contributed by atoms with E-state index in [1.807, 2.05) is 6.07 Å². The Balaban J connectivity index is 1.72. The number of ether oxygens (including phenoxy) is 2. The molecule has 0 fully saturated rings. The van der Waals surface area contributed by atoms with Crippen LogP contribution in [0.4, 0.5) is 0 Å². The summed E-state index contributed by atoms with van der Waals surface area (Å²) in [5, 5.41) is 3.46. The topological polar surface area (TPSA) is 30.5 Å². The van der Waals surface area contributed by atoms with Crippen molar-refractivity contribution in [2.45, 2.75) is 32.6 Å². The van der Waals surface area contributed by atoms with Crippen molar-refractivity contribution in [2.24, 2.45) is 0 Å². The first kappa shape index (κ1) is 13.2. The number of unbranched alkanes of at least 4 members (excludes halogenated alkanes) is 1. The molecule has 0 aromatic heterocycles. The Labute approximate surface area is 109 Å². The molecule has 0 radical (unpaired) electrons. The molecule has 0 atom stereocenters. The van der Waals surface area contributed by atoms with Crippen molar-refractivity contribution in [3.05, 3.63) is 23.8 Å². The minimum atomic E-state index is 0.660. The molecule has 1 heterocycles. The maximum atomic E-state index is 5.58. The van der Waals surface area contributed by atoms with E-state index in [2.05, 4.69) is 24.4 Å². The fraction of sp³-hybridized carbons (Fsp3) is 0.600. The van der Waals surface area contributed by atoms with Gasteiger partial charge in [-0.1, -0.05) is 19.4 Å². The summed E-state index contributed by atoms with van der Waals surface area (Å²) in [5.74, 6) is 1.78. The second kappa shape index (κ2) is 7.27. The molecule has 1 aromatic rings. The summed E-state index contributed by atoms with van der Waals surface area (Å²) in [4.78, 5) is 0. The van der Waals surface area contributed by atoms with Crippen LogP contribution in [0.1, 0.15) is 31.7 Å². The molecule has 0 saturated carbocycles. The van der Waals surface area contributed by atoms with Crippen LogP contribution in [0.2, 0.25) is 0 Å². The number of nitrogens with one attached hydrogen (secondary N) is 1. The van der Waals surface area contributed by atoms with Crippen LogP contribution >= 0.6 is 0 Å². The molecule has 0 saturated heterocycles. The molecule has 0 amide bonds. The molecule has 0 bridgehead atoms. The van der Waals surface area contributed by atoms with E-state index in [0.29, 0.717) is 13.2 Å². The fourth-order valence-corrected chi connectivity index (χ4v) is 2.09.